The quantitative estimate of drug-likeness (QED) is 0.649. The highest BCUT2D eigenvalue weighted by atomic mass is 35.5. The first kappa shape index (κ1) is 15.7. The summed E-state index contributed by atoms with van der Waals surface area (Å²) in [6.07, 6.45) is 0. The van der Waals surface area contributed by atoms with Gasteiger partial charge in [-0.2, -0.15) is 0 Å². The molecule has 0 aromatic heterocycles. The molecule has 2 aromatic rings. The van der Waals surface area contributed by atoms with Crippen LogP contribution in [0.4, 0.5) is 18.9 Å². The van der Waals surface area contributed by atoms with Crippen LogP contribution in [0, 0.1) is 17.5 Å². The third-order valence-electron chi connectivity index (χ3n) is 2.65. The minimum atomic E-state index is -1.53. The van der Waals surface area contributed by atoms with Crippen LogP contribution >= 0.6 is 23.2 Å². The van der Waals surface area contributed by atoms with Gasteiger partial charge < -0.3 is 5.32 Å². The molecule has 0 aliphatic heterocycles. The predicted molar refractivity (Wildman–Crippen MR) is 75.9 cm³/mol. The summed E-state index contributed by atoms with van der Waals surface area (Å²) in [7, 11) is 0. The van der Waals surface area contributed by atoms with Crippen molar-refractivity contribution in [1.82, 2.24) is 0 Å². The van der Waals surface area contributed by atoms with Crippen LogP contribution in [0.5, 0.6) is 0 Å². The van der Waals surface area contributed by atoms with Gasteiger partial charge in [0.05, 0.1) is 0 Å². The van der Waals surface area contributed by atoms with Crippen molar-refractivity contribution in [1.29, 1.82) is 0 Å². The molecule has 7 heteroatoms. The van der Waals surface area contributed by atoms with Gasteiger partial charge >= 0.3 is 0 Å². The van der Waals surface area contributed by atoms with Gasteiger partial charge in [0.1, 0.15) is 0 Å². The maximum atomic E-state index is 13.2. The van der Waals surface area contributed by atoms with Gasteiger partial charge in [-0.05, 0) is 35.4 Å². The number of rotatable bonds is 3. The molecule has 110 valence electrons. The lowest BCUT2D eigenvalue weighted by Gasteiger charge is -2.08. The summed E-state index contributed by atoms with van der Waals surface area (Å²) in [5.41, 5.74) is 0.871. The molecule has 2 nitrogen and oxygen atoms in total. The first-order chi connectivity index (χ1) is 9.88. The van der Waals surface area contributed by atoms with E-state index in [2.05, 4.69) is 5.32 Å². The molecule has 1 amide bonds. The van der Waals surface area contributed by atoms with E-state index in [0.717, 1.165) is 12.1 Å². The van der Waals surface area contributed by atoms with Gasteiger partial charge in [0.2, 0.25) is 0 Å². The average molecular weight is 334 g/mol. The highest BCUT2D eigenvalue weighted by Crippen LogP contribution is 2.26. The lowest BCUT2D eigenvalue weighted by Crippen LogP contribution is -2.18. The van der Waals surface area contributed by atoms with Gasteiger partial charge in [-0.25, -0.2) is 13.2 Å². The first-order valence-electron chi connectivity index (χ1n) is 5.72. The van der Waals surface area contributed by atoms with Gasteiger partial charge in [0.25, 0.3) is 5.91 Å². The Bertz CT molecular complexity index is 669. The molecule has 0 fully saturated rings. The topological polar surface area (TPSA) is 29.1 Å². The first-order valence-corrected chi connectivity index (χ1v) is 6.60. The Kier molecular flexibility index (Phi) is 4.75. The van der Waals surface area contributed by atoms with Crippen molar-refractivity contribution in [3.05, 3.63) is 53.8 Å². The zero-order valence-electron chi connectivity index (χ0n) is 10.3. The molecule has 0 bridgehead atoms. The number of carbonyl (C=O) groups excluding carboxylic acids is 1. The SMILES string of the molecule is O=C(Nc1cccc(-c2cc(F)c(F)c(F)c2)c1)C(Cl)Cl. The standard InChI is InChI=1S/C14H8Cl2F3NO/c15-13(16)14(21)20-9-3-1-2-7(4-9)8-5-10(17)12(19)11(18)6-8/h1-6,13H,(H,20,21). The summed E-state index contributed by atoms with van der Waals surface area (Å²) in [5.74, 6) is -4.75. The third kappa shape index (κ3) is 3.68. The van der Waals surface area contributed by atoms with Crippen LogP contribution in [-0.4, -0.2) is 10.7 Å². The van der Waals surface area contributed by atoms with Crippen LogP contribution in [0.15, 0.2) is 36.4 Å². The van der Waals surface area contributed by atoms with Crippen LogP contribution in [0.3, 0.4) is 0 Å². The molecule has 21 heavy (non-hydrogen) atoms. The molecule has 0 saturated carbocycles. The number of nitrogens with one attached hydrogen (secondary N) is 1. The molecule has 0 unspecified atom stereocenters. The summed E-state index contributed by atoms with van der Waals surface area (Å²) in [4.78, 5) is 10.1. The van der Waals surface area contributed by atoms with E-state index < -0.39 is 28.2 Å². The van der Waals surface area contributed by atoms with Crippen molar-refractivity contribution in [3.8, 4) is 11.1 Å². The number of anilines is 1. The van der Waals surface area contributed by atoms with Crippen molar-refractivity contribution in [3.63, 3.8) is 0 Å². The highest BCUT2D eigenvalue weighted by molar-refractivity contribution is 6.54. The van der Waals surface area contributed by atoms with Crippen molar-refractivity contribution in [2.24, 2.45) is 0 Å². The van der Waals surface area contributed by atoms with Crippen LogP contribution in [0.1, 0.15) is 0 Å². The Morgan fingerprint density at radius 3 is 2.19 bits per heavy atom. The molecule has 0 heterocycles. The van der Waals surface area contributed by atoms with E-state index >= 15 is 0 Å². The molecule has 0 saturated heterocycles. The molecular weight excluding hydrogens is 326 g/mol. The largest absolute Gasteiger partial charge is 0.324 e. The number of hydrogen-bond donors (Lipinski definition) is 1. The molecule has 2 rings (SSSR count). The molecule has 0 radical (unpaired) electrons. The fourth-order valence-electron chi connectivity index (χ4n) is 1.70. The Morgan fingerprint density at radius 1 is 1.00 bits per heavy atom. The van der Waals surface area contributed by atoms with Crippen molar-refractivity contribution in [2.75, 3.05) is 5.32 Å². The molecular formula is C14H8Cl2F3NO. The number of hydrogen-bond acceptors (Lipinski definition) is 1. The van der Waals surface area contributed by atoms with Crippen molar-refractivity contribution in [2.45, 2.75) is 4.84 Å². The molecule has 0 spiro atoms. The number of carbonyl (C=O) groups is 1. The lowest BCUT2D eigenvalue weighted by molar-refractivity contribution is -0.114. The van der Waals surface area contributed by atoms with Crippen LogP contribution in [0.25, 0.3) is 11.1 Å². The van der Waals surface area contributed by atoms with Crippen molar-refractivity contribution < 1.29 is 18.0 Å². The maximum absolute atomic E-state index is 13.2. The van der Waals surface area contributed by atoms with E-state index in [1.54, 1.807) is 18.2 Å². The van der Waals surface area contributed by atoms with E-state index in [1.807, 2.05) is 0 Å². The summed E-state index contributed by atoms with van der Waals surface area (Å²) < 4.78 is 39.4. The van der Waals surface area contributed by atoms with E-state index in [4.69, 9.17) is 23.2 Å². The fourth-order valence-corrected chi connectivity index (χ4v) is 1.80. The van der Waals surface area contributed by atoms with Gasteiger partial charge in [-0.1, -0.05) is 35.3 Å². The number of alkyl halides is 2. The minimum absolute atomic E-state index is 0.135. The third-order valence-corrected chi connectivity index (χ3v) is 3.04. The zero-order chi connectivity index (χ0) is 15.6. The second-order valence-corrected chi connectivity index (χ2v) is 5.22. The monoisotopic (exact) mass is 333 g/mol. The van der Waals surface area contributed by atoms with Crippen LogP contribution in [-0.2, 0) is 4.79 Å². The Hall–Kier alpha value is -1.72. The Labute approximate surface area is 128 Å². The molecule has 2 aromatic carbocycles. The molecule has 1 N–H and O–H groups in total. The van der Waals surface area contributed by atoms with Gasteiger partial charge in [-0.3, -0.25) is 4.79 Å². The van der Waals surface area contributed by atoms with E-state index in [1.165, 1.54) is 6.07 Å². The lowest BCUT2D eigenvalue weighted by atomic mass is 10.0. The van der Waals surface area contributed by atoms with Crippen molar-refractivity contribution >= 4 is 34.8 Å². The number of benzene rings is 2. The second-order valence-electron chi connectivity index (χ2n) is 4.12. The average Bonchev–Trinajstić information content (AvgIpc) is 2.44. The Balaban J connectivity index is 2.35. The summed E-state index contributed by atoms with van der Waals surface area (Å²) in [5, 5.41) is 2.43. The molecule has 0 aliphatic carbocycles. The van der Waals surface area contributed by atoms with E-state index in [0.29, 0.717) is 11.3 Å². The number of halogens is 5. The smallest absolute Gasteiger partial charge is 0.257 e. The summed E-state index contributed by atoms with van der Waals surface area (Å²) in [6.45, 7) is 0. The van der Waals surface area contributed by atoms with Gasteiger partial charge in [-0.15, -0.1) is 0 Å². The van der Waals surface area contributed by atoms with Gasteiger partial charge in [0, 0.05) is 5.69 Å². The maximum Gasteiger partial charge on any atom is 0.257 e. The second kappa shape index (κ2) is 6.37. The van der Waals surface area contributed by atoms with E-state index in [-0.39, 0.29) is 5.56 Å². The highest BCUT2D eigenvalue weighted by Gasteiger charge is 2.14. The predicted octanol–water partition coefficient (Wildman–Crippen LogP) is 4.51. The minimum Gasteiger partial charge on any atom is -0.324 e. The molecule has 0 aliphatic rings. The van der Waals surface area contributed by atoms with Gasteiger partial charge in [0.15, 0.2) is 22.3 Å². The fraction of sp³-hybridized carbons (Fsp3) is 0.0714. The van der Waals surface area contributed by atoms with E-state index in [9.17, 15) is 18.0 Å². The molecule has 0 atom stereocenters. The van der Waals surface area contributed by atoms with Crippen LogP contribution < -0.4 is 5.32 Å². The van der Waals surface area contributed by atoms with Crippen LogP contribution in [0.2, 0.25) is 0 Å². The normalized spacial score (nSPS) is 10.8. The zero-order valence-corrected chi connectivity index (χ0v) is 11.9. The summed E-state index contributed by atoms with van der Waals surface area (Å²) in [6, 6.07) is 7.85. The number of amides is 1. The summed E-state index contributed by atoms with van der Waals surface area (Å²) >= 11 is 10.8. The Morgan fingerprint density at radius 2 is 1.62 bits per heavy atom.